The molecule has 2 fully saturated rings. The molecule has 7 nitrogen and oxygen atoms in total. The molecule has 8 heteroatoms. The zero-order valence-corrected chi connectivity index (χ0v) is 11.7. The van der Waals surface area contributed by atoms with Crippen molar-refractivity contribution >= 4 is 16.0 Å². The van der Waals surface area contributed by atoms with Crippen LogP contribution < -0.4 is 5.32 Å². The van der Waals surface area contributed by atoms with E-state index in [-0.39, 0.29) is 18.6 Å². The van der Waals surface area contributed by atoms with E-state index in [1.807, 2.05) is 0 Å². The normalized spacial score (nSPS) is 23.2. The molecule has 19 heavy (non-hydrogen) atoms. The molecular weight excluding hydrogens is 270 g/mol. The fourth-order valence-corrected chi connectivity index (χ4v) is 4.02. The van der Waals surface area contributed by atoms with Crippen molar-refractivity contribution < 1.29 is 18.3 Å². The Balaban J connectivity index is 1.73. The van der Waals surface area contributed by atoms with Crippen LogP contribution in [-0.2, 0) is 14.8 Å². The van der Waals surface area contributed by atoms with Crippen LogP contribution >= 0.6 is 0 Å². The van der Waals surface area contributed by atoms with E-state index in [2.05, 4.69) is 10.2 Å². The zero-order chi connectivity index (χ0) is 13.9. The Morgan fingerprint density at radius 3 is 2.47 bits per heavy atom. The van der Waals surface area contributed by atoms with Gasteiger partial charge in [0.05, 0.1) is 5.75 Å². The molecule has 0 atom stereocenters. The molecule has 0 bridgehead atoms. The molecule has 0 aromatic heterocycles. The number of carboxylic acids is 1. The summed E-state index contributed by atoms with van der Waals surface area (Å²) in [5.41, 5.74) is 0. The predicted molar refractivity (Wildman–Crippen MR) is 70.5 cm³/mol. The van der Waals surface area contributed by atoms with E-state index in [4.69, 9.17) is 5.11 Å². The molecular formula is C11H21N3O4S. The molecule has 0 radical (unpaired) electrons. The lowest BCUT2D eigenvalue weighted by molar-refractivity contribution is -0.137. The SMILES string of the molecule is O=C(O)CCCS(=O)(=O)N1CC(N2CCNCC2)C1. The molecule has 2 heterocycles. The number of carboxylic acid groups (broad SMARTS) is 1. The fraction of sp³-hybridized carbons (Fsp3) is 0.909. The molecule has 2 rings (SSSR count). The van der Waals surface area contributed by atoms with Gasteiger partial charge in [-0.25, -0.2) is 8.42 Å². The number of piperazine rings is 1. The molecule has 2 aliphatic rings. The lowest BCUT2D eigenvalue weighted by Gasteiger charge is -2.45. The van der Waals surface area contributed by atoms with Crippen LogP contribution in [0.5, 0.6) is 0 Å². The van der Waals surface area contributed by atoms with Crippen LogP contribution in [0.1, 0.15) is 12.8 Å². The summed E-state index contributed by atoms with van der Waals surface area (Å²) in [6.45, 7) is 4.96. The van der Waals surface area contributed by atoms with Crippen molar-refractivity contribution in [2.24, 2.45) is 0 Å². The second kappa shape index (κ2) is 6.17. The summed E-state index contributed by atoms with van der Waals surface area (Å²) < 4.78 is 25.3. The topological polar surface area (TPSA) is 89.9 Å². The third kappa shape index (κ3) is 3.88. The highest BCUT2D eigenvalue weighted by Crippen LogP contribution is 2.20. The van der Waals surface area contributed by atoms with Crippen molar-refractivity contribution in [2.45, 2.75) is 18.9 Å². The van der Waals surface area contributed by atoms with Crippen molar-refractivity contribution in [1.29, 1.82) is 0 Å². The molecule has 2 N–H and O–H groups in total. The number of nitrogens with zero attached hydrogens (tertiary/aromatic N) is 2. The van der Waals surface area contributed by atoms with Gasteiger partial charge in [-0.1, -0.05) is 0 Å². The molecule has 0 aromatic carbocycles. The fourth-order valence-electron chi connectivity index (χ4n) is 2.46. The first-order valence-corrected chi connectivity index (χ1v) is 8.24. The van der Waals surface area contributed by atoms with E-state index in [9.17, 15) is 13.2 Å². The van der Waals surface area contributed by atoms with Gasteiger partial charge in [0, 0.05) is 51.7 Å². The summed E-state index contributed by atoms with van der Waals surface area (Å²) in [6.07, 6.45) is 0.0980. The highest BCUT2D eigenvalue weighted by Gasteiger charge is 2.38. The maximum absolute atomic E-state index is 11.9. The standard InChI is InChI=1S/C11H21N3O4S/c15-11(16)2-1-7-19(17,18)14-8-10(9-14)13-5-3-12-4-6-13/h10,12H,1-9H2,(H,15,16). The van der Waals surface area contributed by atoms with Crippen LogP contribution in [0.3, 0.4) is 0 Å². The number of carbonyl (C=O) groups is 1. The molecule has 0 aromatic rings. The maximum Gasteiger partial charge on any atom is 0.303 e. The molecule has 2 aliphatic heterocycles. The van der Waals surface area contributed by atoms with Crippen molar-refractivity contribution in [1.82, 2.24) is 14.5 Å². The summed E-state index contributed by atoms with van der Waals surface area (Å²) in [5, 5.41) is 11.8. The average Bonchev–Trinajstić information content (AvgIpc) is 2.27. The van der Waals surface area contributed by atoms with Gasteiger partial charge >= 0.3 is 5.97 Å². The molecule has 0 spiro atoms. The minimum atomic E-state index is -3.26. The van der Waals surface area contributed by atoms with Crippen molar-refractivity contribution in [2.75, 3.05) is 45.0 Å². The second-order valence-corrected chi connectivity index (χ2v) is 7.16. The Morgan fingerprint density at radius 2 is 1.89 bits per heavy atom. The first kappa shape index (κ1) is 14.7. The van der Waals surface area contributed by atoms with Crippen LogP contribution in [0.4, 0.5) is 0 Å². The summed E-state index contributed by atoms with van der Waals surface area (Å²) in [7, 11) is -3.26. The third-order valence-corrected chi connectivity index (χ3v) is 5.57. The van der Waals surface area contributed by atoms with E-state index in [1.54, 1.807) is 0 Å². The van der Waals surface area contributed by atoms with Crippen molar-refractivity contribution in [3.63, 3.8) is 0 Å². The molecule has 110 valence electrons. The molecule has 0 unspecified atom stereocenters. The Kier molecular flexibility index (Phi) is 4.77. The van der Waals surface area contributed by atoms with Gasteiger partial charge in [0.1, 0.15) is 0 Å². The lowest BCUT2D eigenvalue weighted by atomic mass is 10.1. The summed E-state index contributed by atoms with van der Waals surface area (Å²) in [6, 6.07) is 0.330. The van der Waals surface area contributed by atoms with Gasteiger partial charge in [0.2, 0.25) is 10.0 Å². The van der Waals surface area contributed by atoms with E-state index < -0.39 is 16.0 Å². The van der Waals surface area contributed by atoms with Gasteiger partial charge in [-0.15, -0.1) is 0 Å². The maximum atomic E-state index is 11.9. The summed E-state index contributed by atoms with van der Waals surface area (Å²) in [4.78, 5) is 12.7. The second-order valence-electron chi connectivity index (χ2n) is 5.07. The van der Waals surface area contributed by atoms with Gasteiger partial charge in [-0.05, 0) is 6.42 Å². The molecule has 0 amide bonds. The van der Waals surface area contributed by atoms with Crippen LogP contribution in [-0.4, -0.2) is 79.8 Å². The van der Waals surface area contributed by atoms with E-state index in [0.29, 0.717) is 19.1 Å². The number of nitrogens with one attached hydrogen (secondary N) is 1. The Bertz CT molecular complexity index is 414. The minimum absolute atomic E-state index is 0.0619. The summed E-state index contributed by atoms with van der Waals surface area (Å²) in [5.74, 6) is -1.01. The number of sulfonamides is 1. The molecule has 0 saturated carbocycles. The van der Waals surface area contributed by atoms with E-state index in [1.165, 1.54) is 4.31 Å². The smallest absolute Gasteiger partial charge is 0.303 e. The first-order chi connectivity index (χ1) is 8.99. The zero-order valence-electron chi connectivity index (χ0n) is 10.9. The van der Waals surface area contributed by atoms with Crippen molar-refractivity contribution in [3.05, 3.63) is 0 Å². The minimum Gasteiger partial charge on any atom is -0.481 e. The highest BCUT2D eigenvalue weighted by molar-refractivity contribution is 7.89. The average molecular weight is 291 g/mol. The van der Waals surface area contributed by atoms with E-state index >= 15 is 0 Å². The number of aliphatic carboxylic acids is 1. The van der Waals surface area contributed by atoms with Gasteiger partial charge < -0.3 is 10.4 Å². The number of hydrogen-bond acceptors (Lipinski definition) is 5. The van der Waals surface area contributed by atoms with Crippen molar-refractivity contribution in [3.8, 4) is 0 Å². The van der Waals surface area contributed by atoms with Gasteiger partial charge in [0.15, 0.2) is 0 Å². The van der Waals surface area contributed by atoms with Gasteiger partial charge in [-0.3, -0.25) is 9.69 Å². The van der Waals surface area contributed by atoms with Gasteiger partial charge in [0.25, 0.3) is 0 Å². The largest absolute Gasteiger partial charge is 0.481 e. The predicted octanol–water partition coefficient (Wildman–Crippen LogP) is -1.23. The van der Waals surface area contributed by atoms with Crippen LogP contribution in [0.15, 0.2) is 0 Å². The Morgan fingerprint density at radius 1 is 1.26 bits per heavy atom. The van der Waals surface area contributed by atoms with Gasteiger partial charge in [-0.2, -0.15) is 4.31 Å². The first-order valence-electron chi connectivity index (χ1n) is 6.63. The third-order valence-electron chi connectivity index (χ3n) is 3.68. The Hall–Kier alpha value is -0.700. The lowest BCUT2D eigenvalue weighted by Crippen LogP contribution is -2.64. The Labute approximate surface area is 113 Å². The molecule has 2 saturated heterocycles. The summed E-state index contributed by atoms with van der Waals surface area (Å²) >= 11 is 0. The quantitative estimate of drug-likeness (QED) is 0.637. The number of rotatable bonds is 6. The van der Waals surface area contributed by atoms with E-state index in [0.717, 1.165) is 26.2 Å². The van der Waals surface area contributed by atoms with Crippen LogP contribution in [0.2, 0.25) is 0 Å². The monoisotopic (exact) mass is 291 g/mol. The number of hydrogen-bond donors (Lipinski definition) is 2. The highest BCUT2D eigenvalue weighted by atomic mass is 32.2. The van der Waals surface area contributed by atoms with Crippen LogP contribution in [0, 0.1) is 0 Å². The molecule has 0 aliphatic carbocycles. The van der Waals surface area contributed by atoms with Crippen LogP contribution in [0.25, 0.3) is 0 Å².